The van der Waals surface area contributed by atoms with Crippen molar-refractivity contribution in [3.05, 3.63) is 42.2 Å². The Balaban J connectivity index is 0.00000235. The van der Waals surface area contributed by atoms with Gasteiger partial charge in [0.15, 0.2) is 12.0 Å². The number of pyridine rings is 1. The fourth-order valence-corrected chi connectivity index (χ4v) is 2.82. The number of rotatable bonds is 6. The van der Waals surface area contributed by atoms with E-state index in [1.54, 1.807) is 7.05 Å². The Kier molecular flexibility index (Phi) is 9.15. The van der Waals surface area contributed by atoms with Crippen LogP contribution in [-0.2, 0) is 11.8 Å². The molecule has 0 aliphatic heterocycles. The number of nitrogens with one attached hydrogen (secondary N) is 1. The molecule has 0 spiro atoms. The van der Waals surface area contributed by atoms with Crippen LogP contribution in [0.5, 0.6) is 0 Å². The molecule has 0 unspecified atom stereocenters. The average Bonchev–Trinajstić information content (AvgIpc) is 3.44. The highest BCUT2D eigenvalue weighted by atomic mass is 19.4. The molecule has 0 saturated carbocycles. The van der Waals surface area contributed by atoms with E-state index in [1.807, 2.05) is 13.8 Å². The summed E-state index contributed by atoms with van der Waals surface area (Å²) in [5.41, 5.74) is -0.891. The number of aryl methyl sites for hydroxylation is 1. The predicted molar refractivity (Wildman–Crippen MR) is 127 cm³/mol. The number of ether oxygens (including phenoxy) is 1. The van der Waals surface area contributed by atoms with Crippen LogP contribution in [0.3, 0.4) is 0 Å². The van der Waals surface area contributed by atoms with Crippen molar-refractivity contribution in [2.45, 2.75) is 46.4 Å². The SMILES string of the molecule is CC.Cn1cc(NC(=O)c2coc(-c3ccnc(N(CC(F)(F)F)C(=O)OC(C)(C)C)c3)n2)c(C=O)n1. The van der Waals surface area contributed by atoms with E-state index in [4.69, 9.17) is 9.15 Å². The summed E-state index contributed by atoms with van der Waals surface area (Å²) in [7, 11) is 1.57. The Morgan fingerprint density at radius 2 is 1.92 bits per heavy atom. The largest absolute Gasteiger partial charge is 0.444 e. The summed E-state index contributed by atoms with van der Waals surface area (Å²) >= 11 is 0. The first-order valence-electron chi connectivity index (χ1n) is 11.0. The molecule has 1 N–H and O–H groups in total. The molecule has 0 aromatic carbocycles. The number of amides is 2. The van der Waals surface area contributed by atoms with Gasteiger partial charge in [0.1, 0.15) is 29.9 Å². The van der Waals surface area contributed by atoms with Crippen LogP contribution in [0.15, 0.2) is 35.2 Å². The third kappa shape index (κ3) is 8.15. The van der Waals surface area contributed by atoms with Gasteiger partial charge in [-0.1, -0.05) is 13.8 Å². The van der Waals surface area contributed by atoms with Gasteiger partial charge in [-0.15, -0.1) is 0 Å². The summed E-state index contributed by atoms with van der Waals surface area (Å²) < 4.78 is 51.2. The molecule has 0 bridgehead atoms. The van der Waals surface area contributed by atoms with E-state index in [0.29, 0.717) is 11.2 Å². The Labute approximate surface area is 210 Å². The average molecular weight is 525 g/mol. The van der Waals surface area contributed by atoms with Crippen LogP contribution in [-0.4, -0.2) is 56.4 Å². The maximum atomic E-state index is 13.2. The van der Waals surface area contributed by atoms with Crippen LogP contribution in [0.2, 0.25) is 0 Å². The molecule has 0 aliphatic carbocycles. The lowest BCUT2D eigenvalue weighted by atomic mass is 10.2. The Bertz CT molecular complexity index is 1250. The number of anilines is 2. The number of carbonyl (C=O) groups excluding carboxylic acids is 3. The van der Waals surface area contributed by atoms with Crippen molar-refractivity contribution >= 4 is 29.8 Å². The van der Waals surface area contributed by atoms with E-state index >= 15 is 0 Å². The van der Waals surface area contributed by atoms with Crippen molar-refractivity contribution in [3.63, 3.8) is 0 Å². The number of carbonyl (C=O) groups is 3. The van der Waals surface area contributed by atoms with Crippen LogP contribution >= 0.6 is 0 Å². The Morgan fingerprint density at radius 3 is 2.51 bits per heavy atom. The van der Waals surface area contributed by atoms with Gasteiger partial charge in [0.05, 0.1) is 5.69 Å². The maximum Gasteiger partial charge on any atom is 0.416 e. The zero-order chi connectivity index (χ0) is 28.0. The standard InChI is InChI=1S/C21H21F3N6O5.C2H6/c1-20(2,3)35-19(33)30(11-21(22,23)24)16-7-12(5-6-25-16)18-27-15(10-34-18)17(32)26-13-8-29(4)28-14(13)9-31;1-2/h5-10H,11H2,1-4H3,(H,26,32);1-2H3. The molecule has 3 aromatic heterocycles. The number of oxazole rings is 1. The van der Waals surface area contributed by atoms with Gasteiger partial charge in [0.2, 0.25) is 5.89 Å². The third-order valence-electron chi connectivity index (χ3n) is 4.17. The van der Waals surface area contributed by atoms with Gasteiger partial charge < -0.3 is 14.5 Å². The van der Waals surface area contributed by atoms with Gasteiger partial charge in [-0.25, -0.2) is 14.8 Å². The molecule has 3 rings (SSSR count). The molecule has 0 saturated heterocycles. The highest BCUT2D eigenvalue weighted by Crippen LogP contribution is 2.27. The third-order valence-corrected chi connectivity index (χ3v) is 4.17. The molecular formula is C23H27F3N6O5. The first-order chi connectivity index (χ1) is 17.3. The molecule has 14 heteroatoms. The van der Waals surface area contributed by atoms with Gasteiger partial charge in [0.25, 0.3) is 5.91 Å². The van der Waals surface area contributed by atoms with Gasteiger partial charge in [-0.3, -0.25) is 19.2 Å². The van der Waals surface area contributed by atoms with Crippen LogP contribution < -0.4 is 10.2 Å². The number of hydrogen-bond acceptors (Lipinski definition) is 8. The first-order valence-corrected chi connectivity index (χ1v) is 11.0. The number of nitrogens with zero attached hydrogens (tertiary/aromatic N) is 5. The highest BCUT2D eigenvalue weighted by Gasteiger charge is 2.36. The molecule has 11 nitrogen and oxygen atoms in total. The van der Waals surface area contributed by atoms with Gasteiger partial charge in [-0.2, -0.15) is 18.3 Å². The minimum atomic E-state index is -4.73. The molecule has 37 heavy (non-hydrogen) atoms. The van der Waals surface area contributed by atoms with Crippen molar-refractivity contribution in [1.29, 1.82) is 0 Å². The number of aldehydes is 1. The molecule has 0 atom stereocenters. The molecule has 3 heterocycles. The molecule has 200 valence electrons. The molecule has 0 aliphatic rings. The van der Waals surface area contributed by atoms with E-state index in [0.717, 1.165) is 18.5 Å². The predicted octanol–water partition coefficient (Wildman–Crippen LogP) is 4.86. The summed E-state index contributed by atoms with van der Waals surface area (Å²) in [5, 5.41) is 6.35. The summed E-state index contributed by atoms with van der Waals surface area (Å²) in [6.07, 6.45) is -1.88. The maximum absolute atomic E-state index is 13.2. The second-order valence-electron chi connectivity index (χ2n) is 8.30. The number of hydrogen-bond donors (Lipinski definition) is 1. The van der Waals surface area contributed by atoms with Crippen molar-refractivity contribution in [1.82, 2.24) is 19.7 Å². The summed E-state index contributed by atoms with van der Waals surface area (Å²) in [4.78, 5) is 44.2. The van der Waals surface area contributed by atoms with Crippen LogP contribution in [0, 0.1) is 0 Å². The molecule has 0 fully saturated rings. The lowest BCUT2D eigenvalue weighted by molar-refractivity contribution is -0.119. The fraction of sp³-hybridized carbons (Fsp3) is 0.391. The van der Waals surface area contributed by atoms with Crippen molar-refractivity contribution in [2.24, 2.45) is 7.05 Å². The van der Waals surface area contributed by atoms with E-state index in [2.05, 4.69) is 20.4 Å². The lowest BCUT2D eigenvalue weighted by Gasteiger charge is -2.27. The first kappa shape index (κ1) is 29.0. The highest BCUT2D eigenvalue weighted by molar-refractivity contribution is 6.04. The Morgan fingerprint density at radius 1 is 1.24 bits per heavy atom. The van der Waals surface area contributed by atoms with Gasteiger partial charge in [-0.05, 0) is 32.9 Å². The lowest BCUT2D eigenvalue weighted by Crippen LogP contribution is -2.42. The van der Waals surface area contributed by atoms with Crippen LogP contribution in [0.1, 0.15) is 55.6 Å². The zero-order valence-electron chi connectivity index (χ0n) is 21.1. The van der Waals surface area contributed by atoms with Crippen LogP contribution in [0.25, 0.3) is 11.5 Å². The summed E-state index contributed by atoms with van der Waals surface area (Å²) in [6.45, 7) is 6.91. The summed E-state index contributed by atoms with van der Waals surface area (Å²) in [5.74, 6) is -1.18. The number of aromatic nitrogens is 4. The van der Waals surface area contributed by atoms with Crippen molar-refractivity contribution in [3.8, 4) is 11.5 Å². The Hall–Kier alpha value is -4.23. The molecular weight excluding hydrogens is 497 g/mol. The number of halogens is 3. The zero-order valence-corrected chi connectivity index (χ0v) is 21.1. The van der Waals surface area contributed by atoms with E-state index in [9.17, 15) is 27.6 Å². The fourth-order valence-electron chi connectivity index (χ4n) is 2.82. The van der Waals surface area contributed by atoms with Crippen molar-refractivity contribution < 1.29 is 36.7 Å². The quantitative estimate of drug-likeness (QED) is 0.452. The number of alkyl halides is 3. The van der Waals surface area contributed by atoms with E-state index in [1.165, 1.54) is 37.7 Å². The minimum absolute atomic E-state index is 0.00948. The van der Waals surface area contributed by atoms with E-state index in [-0.39, 0.29) is 34.3 Å². The van der Waals surface area contributed by atoms with Crippen LogP contribution in [0.4, 0.5) is 29.5 Å². The minimum Gasteiger partial charge on any atom is -0.444 e. The van der Waals surface area contributed by atoms with E-state index < -0.39 is 30.3 Å². The smallest absolute Gasteiger partial charge is 0.416 e. The van der Waals surface area contributed by atoms with Crippen molar-refractivity contribution in [2.75, 3.05) is 16.8 Å². The summed E-state index contributed by atoms with van der Waals surface area (Å²) in [6, 6.07) is 2.53. The molecule has 2 amide bonds. The van der Waals surface area contributed by atoms with Gasteiger partial charge >= 0.3 is 12.3 Å². The second kappa shape index (κ2) is 11.7. The molecule has 0 radical (unpaired) electrons. The van der Waals surface area contributed by atoms with Gasteiger partial charge in [0, 0.05) is 25.0 Å². The monoisotopic (exact) mass is 524 g/mol. The normalized spacial score (nSPS) is 11.3. The second-order valence-corrected chi connectivity index (χ2v) is 8.30. The topological polar surface area (TPSA) is 132 Å². The molecule has 3 aromatic rings.